The molecule has 7 heteroatoms. The van der Waals surface area contributed by atoms with E-state index in [-0.39, 0.29) is 6.54 Å². The Bertz CT molecular complexity index is 823. The molecule has 0 spiro atoms. The van der Waals surface area contributed by atoms with Crippen molar-refractivity contribution in [1.82, 2.24) is 10.3 Å². The van der Waals surface area contributed by atoms with Crippen LogP contribution >= 0.6 is 0 Å². The molecule has 0 atom stereocenters. The van der Waals surface area contributed by atoms with Crippen LogP contribution in [-0.2, 0) is 9.59 Å². The monoisotopic (exact) mass is 355 g/mol. The molecule has 26 heavy (non-hydrogen) atoms. The number of rotatable bonds is 6. The maximum Gasteiger partial charge on any atom is 0.313 e. The van der Waals surface area contributed by atoms with Gasteiger partial charge in [0.05, 0.1) is 18.9 Å². The molecule has 0 radical (unpaired) electrons. The molecule has 0 aliphatic carbocycles. The summed E-state index contributed by atoms with van der Waals surface area (Å²) in [6, 6.07) is 4.99. The Balaban J connectivity index is 2.03. The Kier molecular flexibility index (Phi) is 6.73. The number of amides is 2. The molecule has 0 saturated carbocycles. The van der Waals surface area contributed by atoms with Crippen LogP contribution in [0.5, 0.6) is 5.75 Å². The predicted octanol–water partition coefficient (Wildman–Crippen LogP) is 2.93. The topological polar surface area (TPSA) is 93.5 Å². The van der Waals surface area contributed by atoms with Crippen LogP contribution in [0.15, 0.2) is 59.0 Å². The highest BCUT2D eigenvalue weighted by atomic mass is 16.5. The van der Waals surface area contributed by atoms with Gasteiger partial charge in [0.1, 0.15) is 5.75 Å². The molecule has 0 saturated heterocycles. The van der Waals surface area contributed by atoms with Crippen LogP contribution in [0.3, 0.4) is 0 Å². The van der Waals surface area contributed by atoms with Crippen LogP contribution in [0.4, 0.5) is 5.69 Å². The summed E-state index contributed by atoms with van der Waals surface area (Å²) >= 11 is 0. The van der Waals surface area contributed by atoms with Crippen molar-refractivity contribution in [3.63, 3.8) is 0 Å². The van der Waals surface area contributed by atoms with E-state index in [2.05, 4.69) is 15.6 Å². The average molecular weight is 355 g/mol. The Morgan fingerprint density at radius 1 is 1.27 bits per heavy atom. The average Bonchev–Trinajstić information content (AvgIpc) is 3.19. The van der Waals surface area contributed by atoms with Crippen molar-refractivity contribution in [3.05, 3.63) is 54.6 Å². The largest absolute Gasteiger partial charge is 0.496 e. The minimum atomic E-state index is -0.754. The van der Waals surface area contributed by atoms with E-state index in [9.17, 15) is 9.59 Å². The number of nitrogens with zero attached hydrogens (tertiary/aromatic N) is 1. The molecule has 2 aromatic rings. The summed E-state index contributed by atoms with van der Waals surface area (Å²) in [6.45, 7) is 4.03. The fourth-order valence-electron chi connectivity index (χ4n) is 2.24. The zero-order chi connectivity index (χ0) is 18.9. The fourth-order valence-corrected chi connectivity index (χ4v) is 2.24. The van der Waals surface area contributed by atoms with Crippen LogP contribution < -0.4 is 15.4 Å². The van der Waals surface area contributed by atoms with Crippen molar-refractivity contribution in [2.45, 2.75) is 13.8 Å². The molecule has 0 aliphatic rings. The molecule has 0 aliphatic heterocycles. The number of benzene rings is 1. The van der Waals surface area contributed by atoms with Gasteiger partial charge in [-0.1, -0.05) is 18.2 Å². The van der Waals surface area contributed by atoms with Crippen molar-refractivity contribution in [3.8, 4) is 17.1 Å². The van der Waals surface area contributed by atoms with Crippen molar-refractivity contribution < 1.29 is 18.7 Å². The summed E-state index contributed by atoms with van der Waals surface area (Å²) in [5, 5.41) is 5.12. The third-order valence-electron chi connectivity index (χ3n) is 3.57. The molecular formula is C19H21N3O4. The molecular weight excluding hydrogens is 334 g/mol. The summed E-state index contributed by atoms with van der Waals surface area (Å²) < 4.78 is 10.6. The second-order valence-electron chi connectivity index (χ2n) is 5.28. The smallest absolute Gasteiger partial charge is 0.313 e. The number of carbonyl (C=O) groups excluding carboxylic acids is 2. The molecule has 0 bridgehead atoms. The first-order valence-corrected chi connectivity index (χ1v) is 8.03. The highest BCUT2D eigenvalue weighted by Crippen LogP contribution is 2.32. The van der Waals surface area contributed by atoms with Crippen molar-refractivity contribution in [2.75, 3.05) is 19.0 Å². The molecule has 2 rings (SSSR count). The lowest BCUT2D eigenvalue weighted by molar-refractivity contribution is -0.136. The van der Waals surface area contributed by atoms with Gasteiger partial charge in [-0.25, -0.2) is 4.98 Å². The van der Waals surface area contributed by atoms with E-state index in [1.54, 1.807) is 24.4 Å². The van der Waals surface area contributed by atoms with Crippen LogP contribution in [0.25, 0.3) is 11.3 Å². The minimum Gasteiger partial charge on any atom is -0.496 e. The fraction of sp³-hybridized carbons (Fsp3) is 0.211. The number of anilines is 1. The van der Waals surface area contributed by atoms with E-state index in [1.807, 2.05) is 32.1 Å². The second-order valence-corrected chi connectivity index (χ2v) is 5.28. The van der Waals surface area contributed by atoms with E-state index in [0.29, 0.717) is 22.8 Å². The summed E-state index contributed by atoms with van der Waals surface area (Å²) in [5.74, 6) is -0.438. The zero-order valence-electron chi connectivity index (χ0n) is 14.9. The van der Waals surface area contributed by atoms with Gasteiger partial charge in [-0.2, -0.15) is 0 Å². The number of methoxy groups -OCH3 is 1. The third-order valence-corrected chi connectivity index (χ3v) is 3.57. The number of nitrogens with one attached hydrogen (secondary N) is 2. The Morgan fingerprint density at radius 3 is 2.69 bits per heavy atom. The molecule has 0 fully saturated rings. The molecule has 1 heterocycles. The number of ether oxygens (including phenoxy) is 1. The number of hydrogen-bond acceptors (Lipinski definition) is 5. The number of oxazole rings is 1. The van der Waals surface area contributed by atoms with Crippen LogP contribution in [0.1, 0.15) is 13.8 Å². The van der Waals surface area contributed by atoms with E-state index in [4.69, 9.17) is 9.15 Å². The van der Waals surface area contributed by atoms with E-state index >= 15 is 0 Å². The highest BCUT2D eigenvalue weighted by molar-refractivity contribution is 6.39. The van der Waals surface area contributed by atoms with Gasteiger partial charge in [0.25, 0.3) is 0 Å². The summed E-state index contributed by atoms with van der Waals surface area (Å²) in [6.07, 6.45) is 8.48. The summed E-state index contributed by atoms with van der Waals surface area (Å²) in [4.78, 5) is 27.9. The van der Waals surface area contributed by atoms with E-state index < -0.39 is 11.8 Å². The molecule has 136 valence electrons. The quantitative estimate of drug-likeness (QED) is 0.614. The molecule has 1 aromatic carbocycles. The van der Waals surface area contributed by atoms with Gasteiger partial charge in [-0.3, -0.25) is 9.59 Å². The lowest BCUT2D eigenvalue weighted by atomic mass is 10.1. The standard InChI is InChI=1S/C19H21N3O4/c1-4-6-13(5-2)10-21-18(23)19(24)22-14-7-8-15(16(9-14)25-3)17-11-20-12-26-17/h4-9,11-12H,10H2,1-3H3,(H,21,23)(H,22,24)/b6-4+,13-5-. The molecule has 2 amide bonds. The molecule has 7 nitrogen and oxygen atoms in total. The lowest BCUT2D eigenvalue weighted by Crippen LogP contribution is -2.36. The summed E-state index contributed by atoms with van der Waals surface area (Å²) in [5.41, 5.74) is 2.04. The Hall–Kier alpha value is -3.35. The van der Waals surface area contributed by atoms with Gasteiger partial charge < -0.3 is 19.8 Å². The summed E-state index contributed by atoms with van der Waals surface area (Å²) in [7, 11) is 1.51. The van der Waals surface area contributed by atoms with Gasteiger partial charge in [0.15, 0.2) is 12.2 Å². The van der Waals surface area contributed by atoms with Crippen molar-refractivity contribution >= 4 is 17.5 Å². The number of carbonyl (C=O) groups is 2. The van der Waals surface area contributed by atoms with Crippen molar-refractivity contribution in [2.24, 2.45) is 0 Å². The van der Waals surface area contributed by atoms with Crippen molar-refractivity contribution in [1.29, 1.82) is 0 Å². The first-order chi connectivity index (χ1) is 12.6. The number of hydrogen-bond donors (Lipinski definition) is 2. The van der Waals surface area contributed by atoms with Gasteiger partial charge >= 0.3 is 11.8 Å². The maximum absolute atomic E-state index is 12.1. The molecule has 1 aromatic heterocycles. The van der Waals surface area contributed by atoms with Gasteiger partial charge in [-0.15, -0.1) is 0 Å². The SMILES string of the molecule is C/C=C(/C=C/C)CNC(=O)C(=O)Nc1ccc(-c2cnco2)c(OC)c1. The van der Waals surface area contributed by atoms with Crippen LogP contribution in [0, 0.1) is 0 Å². The van der Waals surface area contributed by atoms with Crippen LogP contribution in [-0.4, -0.2) is 30.5 Å². The highest BCUT2D eigenvalue weighted by Gasteiger charge is 2.15. The molecule has 2 N–H and O–H groups in total. The second kappa shape index (κ2) is 9.22. The third kappa shape index (κ3) is 4.83. The first-order valence-electron chi connectivity index (χ1n) is 8.03. The predicted molar refractivity (Wildman–Crippen MR) is 98.7 cm³/mol. The normalized spacial score (nSPS) is 11.4. The number of aromatic nitrogens is 1. The van der Waals surface area contributed by atoms with Gasteiger partial charge in [0.2, 0.25) is 0 Å². The zero-order valence-corrected chi connectivity index (χ0v) is 14.9. The molecule has 0 unspecified atom stereocenters. The van der Waals surface area contributed by atoms with Crippen LogP contribution in [0.2, 0.25) is 0 Å². The van der Waals surface area contributed by atoms with E-state index in [1.165, 1.54) is 13.5 Å². The van der Waals surface area contributed by atoms with Gasteiger partial charge in [0, 0.05) is 18.3 Å². The number of allylic oxidation sites excluding steroid dienone is 2. The van der Waals surface area contributed by atoms with E-state index in [0.717, 1.165) is 5.57 Å². The minimum absolute atomic E-state index is 0.279. The Labute approximate surface area is 151 Å². The Morgan fingerprint density at radius 2 is 2.08 bits per heavy atom. The lowest BCUT2D eigenvalue weighted by Gasteiger charge is -2.10. The first kappa shape index (κ1) is 19.0. The van der Waals surface area contributed by atoms with Gasteiger partial charge in [-0.05, 0) is 31.6 Å². The maximum atomic E-state index is 12.1.